The van der Waals surface area contributed by atoms with Gasteiger partial charge >= 0.3 is 0 Å². The minimum absolute atomic E-state index is 0. The zero-order chi connectivity index (χ0) is 18.5. The summed E-state index contributed by atoms with van der Waals surface area (Å²) >= 11 is 0. The lowest BCUT2D eigenvalue weighted by molar-refractivity contribution is 0.323. The minimum atomic E-state index is 0. The first kappa shape index (κ1) is 20.0. The zero-order valence-corrected chi connectivity index (χ0v) is 16.7. The van der Waals surface area contributed by atoms with Crippen LogP contribution in [0.15, 0.2) is 67.3 Å². The van der Waals surface area contributed by atoms with Gasteiger partial charge in [-0.1, -0.05) is 36.4 Å². The van der Waals surface area contributed by atoms with Crippen molar-refractivity contribution in [2.24, 2.45) is 0 Å². The Morgan fingerprint density at radius 1 is 1.04 bits per heavy atom. The molecule has 6 nitrogen and oxygen atoms in total. The third-order valence-corrected chi connectivity index (χ3v) is 4.92. The molecule has 1 atom stereocenters. The highest BCUT2D eigenvalue weighted by Crippen LogP contribution is 2.29. The molecule has 1 aliphatic rings. The summed E-state index contributed by atoms with van der Waals surface area (Å²) in [6.45, 7) is 6.21. The second-order valence-electron chi connectivity index (χ2n) is 6.66. The maximum absolute atomic E-state index is 4.56. The van der Waals surface area contributed by atoms with E-state index in [0.29, 0.717) is 5.95 Å². The molecule has 0 bridgehead atoms. The van der Waals surface area contributed by atoms with Gasteiger partial charge in [0.05, 0.1) is 6.20 Å². The Labute approximate surface area is 171 Å². The van der Waals surface area contributed by atoms with E-state index in [-0.39, 0.29) is 18.3 Å². The van der Waals surface area contributed by atoms with E-state index in [4.69, 9.17) is 0 Å². The van der Waals surface area contributed by atoms with E-state index in [1.54, 1.807) is 12.4 Å². The molecule has 1 N–H and O–H groups in total. The van der Waals surface area contributed by atoms with Crippen molar-refractivity contribution >= 4 is 12.4 Å². The van der Waals surface area contributed by atoms with Crippen LogP contribution in [-0.2, 0) is 0 Å². The number of benzene rings is 1. The summed E-state index contributed by atoms with van der Waals surface area (Å²) in [5, 5.41) is 7.95. The molecule has 2 aromatic heterocycles. The van der Waals surface area contributed by atoms with E-state index < -0.39 is 0 Å². The van der Waals surface area contributed by atoms with E-state index in [1.807, 2.05) is 16.9 Å². The van der Waals surface area contributed by atoms with Crippen molar-refractivity contribution in [1.82, 2.24) is 30.0 Å². The Morgan fingerprint density at radius 2 is 1.75 bits per heavy atom. The average molecular weight is 397 g/mol. The van der Waals surface area contributed by atoms with Gasteiger partial charge in [0, 0.05) is 55.7 Å². The van der Waals surface area contributed by atoms with Crippen LogP contribution in [0.5, 0.6) is 0 Å². The van der Waals surface area contributed by atoms with Gasteiger partial charge in [-0.3, -0.25) is 0 Å². The van der Waals surface area contributed by atoms with E-state index in [9.17, 15) is 0 Å². The van der Waals surface area contributed by atoms with E-state index in [0.717, 1.165) is 31.9 Å². The van der Waals surface area contributed by atoms with Gasteiger partial charge in [0.25, 0.3) is 5.95 Å². The second-order valence-corrected chi connectivity index (χ2v) is 6.66. The van der Waals surface area contributed by atoms with E-state index in [1.165, 1.54) is 11.1 Å². The molecule has 7 heteroatoms. The molecule has 1 aliphatic heterocycles. The Bertz CT molecular complexity index is 888. The number of allylic oxidation sites excluding steroid dienone is 1. The highest BCUT2D eigenvalue weighted by atomic mass is 35.5. The lowest BCUT2D eigenvalue weighted by Crippen LogP contribution is -2.40. The van der Waals surface area contributed by atoms with Crippen LogP contribution in [0.4, 0.5) is 0 Å². The van der Waals surface area contributed by atoms with Crippen LogP contribution in [0, 0.1) is 6.92 Å². The third-order valence-electron chi connectivity index (χ3n) is 4.92. The molecule has 28 heavy (non-hydrogen) atoms. The van der Waals surface area contributed by atoms with Crippen molar-refractivity contribution in [2.75, 3.05) is 26.2 Å². The fourth-order valence-corrected chi connectivity index (χ4v) is 3.42. The smallest absolute Gasteiger partial charge is 0.250 e. The quantitative estimate of drug-likeness (QED) is 0.718. The van der Waals surface area contributed by atoms with Crippen LogP contribution in [-0.4, -0.2) is 50.8 Å². The third kappa shape index (κ3) is 4.40. The minimum Gasteiger partial charge on any atom is -0.375 e. The summed E-state index contributed by atoms with van der Waals surface area (Å²) in [6, 6.07) is 12.4. The van der Waals surface area contributed by atoms with Crippen LogP contribution >= 0.6 is 12.4 Å². The number of halogens is 1. The summed E-state index contributed by atoms with van der Waals surface area (Å²) in [7, 11) is 0. The SMILES string of the molecule is Cc1c(C(/C=C/N2CCNCC2)c2ccccc2)cnn1-c1ncccn1.Cl. The molecule has 146 valence electrons. The molecule has 0 aliphatic carbocycles. The molecule has 1 unspecified atom stereocenters. The normalized spacial score (nSPS) is 15.4. The predicted octanol–water partition coefficient (Wildman–Crippen LogP) is 2.94. The lowest BCUT2D eigenvalue weighted by atomic mass is 9.91. The van der Waals surface area contributed by atoms with Crippen molar-refractivity contribution in [3.05, 3.63) is 84.1 Å². The van der Waals surface area contributed by atoms with Crippen molar-refractivity contribution < 1.29 is 0 Å². The Kier molecular flexibility index (Phi) is 6.79. The van der Waals surface area contributed by atoms with Crippen molar-refractivity contribution in [3.8, 4) is 5.95 Å². The second kappa shape index (κ2) is 9.48. The maximum atomic E-state index is 4.56. The standard InChI is InChI=1S/C21H24N6.ClH/c1-17-20(16-25-27(17)21-23-9-5-10-24-21)19(18-6-3-2-4-7-18)8-13-26-14-11-22-12-15-26;/h2-10,13,16,19,22H,11-12,14-15H2,1H3;1H/b13-8+;. The van der Waals surface area contributed by atoms with Gasteiger partial charge in [-0.15, -0.1) is 12.4 Å². The number of aromatic nitrogens is 4. The summed E-state index contributed by atoms with van der Waals surface area (Å²) in [6.07, 6.45) is 9.92. The van der Waals surface area contributed by atoms with Crippen LogP contribution < -0.4 is 5.32 Å². The predicted molar refractivity (Wildman–Crippen MR) is 113 cm³/mol. The fourth-order valence-electron chi connectivity index (χ4n) is 3.42. The fraction of sp³-hybridized carbons (Fsp3) is 0.286. The molecule has 3 aromatic rings. The molecular formula is C21H25ClN6. The van der Waals surface area contributed by atoms with Crippen LogP contribution in [0.1, 0.15) is 22.7 Å². The number of nitrogens with one attached hydrogen (secondary N) is 1. The van der Waals surface area contributed by atoms with Crippen molar-refractivity contribution in [3.63, 3.8) is 0 Å². The number of hydrogen-bond acceptors (Lipinski definition) is 5. The maximum Gasteiger partial charge on any atom is 0.250 e. The van der Waals surface area contributed by atoms with Crippen molar-refractivity contribution in [1.29, 1.82) is 0 Å². The van der Waals surface area contributed by atoms with Gasteiger partial charge in [-0.05, 0) is 24.8 Å². The van der Waals surface area contributed by atoms with Gasteiger partial charge < -0.3 is 10.2 Å². The lowest BCUT2D eigenvalue weighted by Gasteiger charge is -2.26. The van der Waals surface area contributed by atoms with E-state index >= 15 is 0 Å². The summed E-state index contributed by atoms with van der Waals surface area (Å²) in [4.78, 5) is 11.0. The highest BCUT2D eigenvalue weighted by molar-refractivity contribution is 5.85. The first-order chi connectivity index (χ1) is 13.3. The van der Waals surface area contributed by atoms with Gasteiger partial charge in [0.15, 0.2) is 0 Å². The molecule has 3 heterocycles. The van der Waals surface area contributed by atoms with Crippen LogP contribution in [0.3, 0.4) is 0 Å². The number of piperazine rings is 1. The summed E-state index contributed by atoms with van der Waals surface area (Å²) in [5.41, 5.74) is 3.47. The number of nitrogens with zero attached hydrogens (tertiary/aromatic N) is 5. The molecule has 1 saturated heterocycles. The van der Waals surface area contributed by atoms with Gasteiger partial charge in [-0.2, -0.15) is 5.10 Å². The first-order valence-corrected chi connectivity index (χ1v) is 9.33. The summed E-state index contributed by atoms with van der Waals surface area (Å²) < 4.78 is 1.81. The average Bonchev–Trinajstić information content (AvgIpc) is 3.12. The van der Waals surface area contributed by atoms with Gasteiger partial charge in [-0.25, -0.2) is 14.6 Å². The molecule has 1 aromatic carbocycles. The molecule has 0 spiro atoms. The van der Waals surface area contributed by atoms with Gasteiger partial charge in [0.2, 0.25) is 0 Å². The topological polar surface area (TPSA) is 58.9 Å². The molecule has 0 saturated carbocycles. The summed E-state index contributed by atoms with van der Waals surface area (Å²) in [5.74, 6) is 0.734. The first-order valence-electron chi connectivity index (χ1n) is 9.33. The number of rotatable bonds is 5. The monoisotopic (exact) mass is 396 g/mol. The molecule has 0 amide bonds. The largest absolute Gasteiger partial charge is 0.375 e. The van der Waals surface area contributed by atoms with Crippen LogP contribution in [0.25, 0.3) is 5.95 Å². The molecule has 1 fully saturated rings. The van der Waals surface area contributed by atoms with E-state index in [2.05, 4.69) is 74.8 Å². The number of hydrogen-bond donors (Lipinski definition) is 1. The molecular weight excluding hydrogens is 372 g/mol. The van der Waals surface area contributed by atoms with Crippen molar-refractivity contribution in [2.45, 2.75) is 12.8 Å². The zero-order valence-electron chi connectivity index (χ0n) is 15.9. The Morgan fingerprint density at radius 3 is 2.46 bits per heavy atom. The Hall–Kier alpha value is -2.70. The molecule has 4 rings (SSSR count). The van der Waals surface area contributed by atoms with Gasteiger partial charge in [0.1, 0.15) is 0 Å². The molecule has 0 radical (unpaired) electrons. The highest BCUT2D eigenvalue weighted by Gasteiger charge is 2.19. The Balaban J connectivity index is 0.00000225. The van der Waals surface area contributed by atoms with Crippen LogP contribution in [0.2, 0.25) is 0 Å².